The number of likely N-dealkylation sites (tertiary alicyclic amines) is 1. The fourth-order valence-corrected chi connectivity index (χ4v) is 5.78. The summed E-state index contributed by atoms with van der Waals surface area (Å²) in [6.07, 6.45) is -6.28. The standard InChI is InChI=1S/C25H49F2NO6Si2/c1-16(29)32-21-19(34-36(13,14)25(8,9)10)18(20(26)27)17(15-31-35(11,12)24(5,6)7)28(21)22(30)33-23(2,3)4/h17-21H,15H2,1-14H3/t17-,18-,19-,21-/m1/s1. The van der Waals surface area contributed by atoms with Gasteiger partial charge in [-0.25, -0.2) is 13.6 Å². The molecular formula is C25H49F2NO6Si2. The van der Waals surface area contributed by atoms with Crippen molar-refractivity contribution in [3.05, 3.63) is 0 Å². The lowest BCUT2D eigenvalue weighted by atomic mass is 9.99. The van der Waals surface area contributed by atoms with Gasteiger partial charge in [0.25, 0.3) is 0 Å². The zero-order valence-corrected chi connectivity index (χ0v) is 26.7. The first-order valence-electron chi connectivity index (χ1n) is 12.6. The Morgan fingerprint density at radius 2 is 1.36 bits per heavy atom. The van der Waals surface area contributed by atoms with Gasteiger partial charge < -0.3 is 18.3 Å². The molecule has 0 spiro atoms. The monoisotopic (exact) mass is 553 g/mol. The highest BCUT2D eigenvalue weighted by Crippen LogP contribution is 2.45. The summed E-state index contributed by atoms with van der Waals surface area (Å²) in [5, 5.41) is -0.470. The number of alkyl halides is 2. The van der Waals surface area contributed by atoms with Gasteiger partial charge in [0.05, 0.1) is 18.6 Å². The first kappa shape index (κ1) is 33.0. The van der Waals surface area contributed by atoms with Gasteiger partial charge in [0.2, 0.25) is 12.7 Å². The van der Waals surface area contributed by atoms with Crippen LogP contribution in [0.15, 0.2) is 0 Å². The van der Waals surface area contributed by atoms with Crippen molar-refractivity contribution >= 4 is 28.7 Å². The molecule has 0 aromatic rings. The molecule has 1 fully saturated rings. The number of esters is 1. The minimum absolute atomic E-state index is 0.139. The molecule has 0 aromatic heterocycles. The van der Waals surface area contributed by atoms with Crippen LogP contribution in [-0.4, -0.2) is 70.6 Å². The summed E-state index contributed by atoms with van der Waals surface area (Å²) >= 11 is 0. The van der Waals surface area contributed by atoms with E-state index in [9.17, 15) is 18.4 Å². The zero-order valence-electron chi connectivity index (χ0n) is 24.7. The maximum absolute atomic E-state index is 14.8. The number of nitrogens with zero attached hydrogens (tertiary/aromatic N) is 1. The van der Waals surface area contributed by atoms with E-state index in [1.807, 2.05) is 47.0 Å². The number of ether oxygens (including phenoxy) is 2. The van der Waals surface area contributed by atoms with Crippen LogP contribution in [0.4, 0.5) is 13.6 Å². The third-order valence-corrected chi connectivity index (χ3v) is 16.6. The number of carbonyl (C=O) groups excluding carboxylic acids is 2. The molecule has 0 radical (unpaired) electrons. The van der Waals surface area contributed by atoms with Crippen molar-refractivity contribution in [1.29, 1.82) is 0 Å². The molecule has 0 unspecified atom stereocenters. The number of amides is 1. The third-order valence-electron chi connectivity index (χ3n) is 7.58. The van der Waals surface area contributed by atoms with Gasteiger partial charge in [-0.05, 0) is 57.0 Å². The summed E-state index contributed by atoms with van der Waals surface area (Å²) < 4.78 is 53.6. The van der Waals surface area contributed by atoms with Crippen LogP contribution in [0.2, 0.25) is 36.3 Å². The molecule has 0 aromatic carbocycles. The van der Waals surface area contributed by atoms with Crippen LogP contribution >= 0.6 is 0 Å². The van der Waals surface area contributed by atoms with Crippen molar-refractivity contribution in [2.45, 2.75) is 136 Å². The van der Waals surface area contributed by atoms with Crippen LogP contribution in [0.25, 0.3) is 0 Å². The van der Waals surface area contributed by atoms with Crippen molar-refractivity contribution in [1.82, 2.24) is 4.90 Å². The molecule has 1 aliphatic rings. The molecule has 1 aliphatic heterocycles. The van der Waals surface area contributed by atoms with Gasteiger partial charge in [0.15, 0.2) is 16.6 Å². The molecule has 4 atom stereocenters. The Hall–Kier alpha value is -1.05. The average molecular weight is 554 g/mol. The molecule has 0 aliphatic carbocycles. The van der Waals surface area contributed by atoms with Crippen molar-refractivity contribution < 1.29 is 36.7 Å². The number of hydrogen-bond donors (Lipinski definition) is 0. The van der Waals surface area contributed by atoms with E-state index in [0.717, 1.165) is 4.90 Å². The fourth-order valence-electron chi connectivity index (χ4n) is 3.46. The molecule has 36 heavy (non-hydrogen) atoms. The highest BCUT2D eigenvalue weighted by Gasteiger charge is 2.60. The van der Waals surface area contributed by atoms with Gasteiger partial charge in [0.1, 0.15) is 11.7 Å². The van der Waals surface area contributed by atoms with Gasteiger partial charge in [-0.3, -0.25) is 9.69 Å². The Bertz CT molecular complexity index is 787. The Balaban J connectivity index is 3.67. The topological polar surface area (TPSA) is 74.3 Å². The minimum atomic E-state index is -2.85. The number of halogens is 2. The molecule has 0 N–H and O–H groups in total. The van der Waals surface area contributed by atoms with Gasteiger partial charge in [-0.15, -0.1) is 0 Å². The number of carbonyl (C=O) groups is 2. The van der Waals surface area contributed by atoms with E-state index < -0.39 is 65.0 Å². The second-order valence-corrected chi connectivity index (χ2v) is 23.3. The van der Waals surface area contributed by atoms with E-state index in [2.05, 4.69) is 20.8 Å². The quantitative estimate of drug-likeness (QED) is 0.255. The molecule has 0 bridgehead atoms. The molecule has 212 valence electrons. The summed E-state index contributed by atoms with van der Waals surface area (Å²) in [6, 6.07) is -1.10. The largest absolute Gasteiger partial charge is 0.444 e. The number of rotatable bonds is 7. The Morgan fingerprint density at radius 3 is 1.72 bits per heavy atom. The molecule has 0 saturated carbocycles. The second-order valence-electron chi connectivity index (χ2n) is 13.8. The van der Waals surface area contributed by atoms with Gasteiger partial charge in [-0.1, -0.05) is 41.5 Å². The summed E-state index contributed by atoms with van der Waals surface area (Å²) in [7, 11) is -4.98. The smallest absolute Gasteiger partial charge is 0.413 e. The summed E-state index contributed by atoms with van der Waals surface area (Å²) in [4.78, 5) is 26.7. The van der Waals surface area contributed by atoms with Crippen molar-refractivity contribution in [3.8, 4) is 0 Å². The summed E-state index contributed by atoms with van der Waals surface area (Å²) in [6.45, 7) is 26.2. The molecule has 1 amide bonds. The molecular weight excluding hydrogens is 504 g/mol. The van der Waals surface area contributed by atoms with E-state index in [4.69, 9.17) is 18.3 Å². The molecule has 1 rings (SSSR count). The summed E-state index contributed by atoms with van der Waals surface area (Å²) in [5.74, 6) is -2.13. The maximum atomic E-state index is 14.8. The van der Waals surface area contributed by atoms with Crippen molar-refractivity contribution in [3.63, 3.8) is 0 Å². The van der Waals surface area contributed by atoms with Gasteiger partial charge in [0, 0.05) is 6.92 Å². The third kappa shape index (κ3) is 7.98. The van der Waals surface area contributed by atoms with Gasteiger partial charge >= 0.3 is 12.1 Å². The Labute approximate surface area is 218 Å². The normalized spacial score (nSPS) is 24.3. The molecule has 7 nitrogen and oxygen atoms in total. The predicted octanol–water partition coefficient (Wildman–Crippen LogP) is 6.79. The van der Waals surface area contributed by atoms with E-state index >= 15 is 0 Å². The highest BCUT2D eigenvalue weighted by molar-refractivity contribution is 6.74. The van der Waals surface area contributed by atoms with E-state index in [0.29, 0.717) is 0 Å². The average Bonchev–Trinajstić information content (AvgIpc) is 2.89. The van der Waals surface area contributed by atoms with E-state index in [1.165, 1.54) is 6.92 Å². The lowest BCUT2D eigenvalue weighted by molar-refractivity contribution is -0.161. The SMILES string of the molecule is CC(=O)O[C@@H]1[C@H](O[Si](C)(C)C(C)(C)C)[C@H](C(F)F)[C@@H](CO[Si](C)(C)C(C)(C)C)N1C(=O)OC(C)(C)C. The first-order valence-corrected chi connectivity index (χ1v) is 18.4. The Morgan fingerprint density at radius 1 is 0.889 bits per heavy atom. The van der Waals surface area contributed by atoms with Crippen LogP contribution < -0.4 is 0 Å². The van der Waals surface area contributed by atoms with E-state index in [-0.39, 0.29) is 16.7 Å². The Kier molecular flexibility index (Phi) is 10.1. The lowest BCUT2D eigenvalue weighted by Gasteiger charge is -2.40. The summed E-state index contributed by atoms with van der Waals surface area (Å²) in [5.41, 5.74) is -0.888. The second kappa shape index (κ2) is 11.0. The first-order chi connectivity index (χ1) is 15.8. The van der Waals surface area contributed by atoms with Crippen LogP contribution in [0.1, 0.15) is 69.2 Å². The zero-order chi connectivity index (χ0) is 28.7. The van der Waals surface area contributed by atoms with Gasteiger partial charge in [-0.2, -0.15) is 0 Å². The molecule has 1 saturated heterocycles. The molecule has 11 heteroatoms. The van der Waals surface area contributed by atoms with Crippen molar-refractivity contribution in [2.75, 3.05) is 6.61 Å². The van der Waals surface area contributed by atoms with Crippen LogP contribution in [0.3, 0.4) is 0 Å². The minimum Gasteiger partial charge on any atom is -0.444 e. The van der Waals surface area contributed by atoms with Crippen LogP contribution in [0.5, 0.6) is 0 Å². The van der Waals surface area contributed by atoms with E-state index in [1.54, 1.807) is 20.8 Å². The van der Waals surface area contributed by atoms with Crippen molar-refractivity contribution in [2.24, 2.45) is 5.92 Å². The van der Waals surface area contributed by atoms with Crippen LogP contribution in [0, 0.1) is 5.92 Å². The highest BCUT2D eigenvalue weighted by atomic mass is 28.4. The van der Waals surface area contributed by atoms with Crippen LogP contribution in [-0.2, 0) is 23.1 Å². The maximum Gasteiger partial charge on any atom is 0.413 e. The molecule has 1 heterocycles. The fraction of sp³-hybridized carbons (Fsp3) is 0.920. The predicted molar refractivity (Wildman–Crippen MR) is 142 cm³/mol. The lowest BCUT2D eigenvalue weighted by Crippen LogP contribution is -2.52. The number of hydrogen-bond acceptors (Lipinski definition) is 6.